The zero-order valence-corrected chi connectivity index (χ0v) is 16.8. The number of aliphatic hydroxyl groups is 1. The van der Waals surface area contributed by atoms with E-state index >= 15 is 0 Å². The summed E-state index contributed by atoms with van der Waals surface area (Å²) in [6.07, 6.45) is 0. The summed E-state index contributed by atoms with van der Waals surface area (Å²) in [4.78, 5) is 24.7. The Morgan fingerprint density at radius 2 is 1.79 bits per heavy atom. The topological polar surface area (TPSA) is 114 Å². The van der Waals surface area contributed by atoms with Gasteiger partial charge in [0.2, 0.25) is 0 Å². The molecule has 2 amide bonds. The highest BCUT2D eigenvalue weighted by Crippen LogP contribution is 2.28. The Bertz CT molecular complexity index is 965. The minimum Gasteiger partial charge on any atom is -0.388 e. The van der Waals surface area contributed by atoms with E-state index in [0.717, 1.165) is 12.1 Å². The van der Waals surface area contributed by atoms with Gasteiger partial charge in [0, 0.05) is 11.3 Å². The molecule has 0 aliphatic heterocycles. The third-order valence-electron chi connectivity index (χ3n) is 4.18. The van der Waals surface area contributed by atoms with Crippen LogP contribution in [0.25, 0.3) is 0 Å². The molecule has 7 nitrogen and oxygen atoms in total. The van der Waals surface area contributed by atoms with Crippen molar-refractivity contribution in [2.75, 3.05) is 5.32 Å². The van der Waals surface area contributed by atoms with Crippen LogP contribution in [0.3, 0.4) is 0 Å². The lowest BCUT2D eigenvalue weighted by atomic mass is 9.97. The van der Waals surface area contributed by atoms with Gasteiger partial charge in [0.25, 0.3) is 11.8 Å². The maximum absolute atomic E-state index is 13.0. The van der Waals surface area contributed by atoms with Crippen LogP contribution in [0.5, 0.6) is 0 Å². The molecule has 9 heteroatoms. The van der Waals surface area contributed by atoms with Gasteiger partial charge in [-0.05, 0) is 62.7 Å². The molecule has 1 atom stereocenters. The van der Waals surface area contributed by atoms with Crippen molar-refractivity contribution in [1.29, 1.82) is 5.26 Å². The third-order valence-corrected chi connectivity index (χ3v) is 4.67. The lowest BCUT2D eigenvalue weighted by molar-refractivity contribution is -0.127. The number of anilines is 1. The monoisotopic (exact) mass is 418 g/mol. The van der Waals surface area contributed by atoms with Crippen LogP contribution in [-0.4, -0.2) is 28.6 Å². The third kappa shape index (κ3) is 5.44. The highest BCUT2D eigenvalue weighted by molar-refractivity contribution is 6.32. The normalized spacial score (nSPS) is 11.9. The van der Waals surface area contributed by atoms with E-state index in [2.05, 4.69) is 16.2 Å². The van der Waals surface area contributed by atoms with Gasteiger partial charge in [-0.15, -0.1) is 0 Å². The standard InChI is InChI=1S/C20H20ClFN4O3/c1-11-15(9-6-13(10-23)16(11)21)24-17(20(2,3)29)19(28)26-25-18(27)12-4-7-14(22)8-5-12/h4-9,17,24,29H,1-3H3,(H,25,27)(H,26,28). The predicted molar refractivity (Wildman–Crippen MR) is 107 cm³/mol. The molecule has 0 aliphatic rings. The molecule has 0 spiro atoms. The fourth-order valence-corrected chi connectivity index (χ4v) is 2.72. The number of hydrogen-bond acceptors (Lipinski definition) is 5. The summed E-state index contributed by atoms with van der Waals surface area (Å²) in [5.74, 6) is -1.85. The van der Waals surface area contributed by atoms with E-state index in [9.17, 15) is 19.1 Å². The van der Waals surface area contributed by atoms with Gasteiger partial charge >= 0.3 is 0 Å². The lowest BCUT2D eigenvalue weighted by Gasteiger charge is -2.30. The molecular weight excluding hydrogens is 399 g/mol. The van der Waals surface area contributed by atoms with Crippen LogP contribution in [0.4, 0.5) is 10.1 Å². The average molecular weight is 419 g/mol. The van der Waals surface area contributed by atoms with Crippen molar-refractivity contribution in [1.82, 2.24) is 10.9 Å². The number of rotatable bonds is 5. The van der Waals surface area contributed by atoms with Crippen LogP contribution in [0.2, 0.25) is 5.02 Å². The van der Waals surface area contributed by atoms with Crippen molar-refractivity contribution in [3.05, 3.63) is 63.9 Å². The first kappa shape index (κ1) is 22.1. The van der Waals surface area contributed by atoms with Crippen molar-refractivity contribution in [3.8, 4) is 6.07 Å². The van der Waals surface area contributed by atoms with Gasteiger partial charge in [0.05, 0.1) is 16.2 Å². The van der Waals surface area contributed by atoms with Crippen LogP contribution >= 0.6 is 11.6 Å². The van der Waals surface area contributed by atoms with E-state index < -0.39 is 29.3 Å². The number of nitrogens with one attached hydrogen (secondary N) is 3. The zero-order chi connectivity index (χ0) is 21.8. The molecule has 29 heavy (non-hydrogen) atoms. The van der Waals surface area contributed by atoms with Crippen LogP contribution in [0.15, 0.2) is 36.4 Å². The maximum atomic E-state index is 13.0. The summed E-state index contributed by atoms with van der Waals surface area (Å²) in [5.41, 5.74) is 4.35. The van der Waals surface area contributed by atoms with E-state index in [1.807, 2.05) is 6.07 Å². The van der Waals surface area contributed by atoms with Crippen molar-refractivity contribution in [2.24, 2.45) is 0 Å². The lowest BCUT2D eigenvalue weighted by Crippen LogP contribution is -2.56. The molecule has 0 fully saturated rings. The summed E-state index contributed by atoms with van der Waals surface area (Å²) in [6, 6.07) is 8.64. The van der Waals surface area contributed by atoms with E-state index in [1.165, 1.54) is 32.0 Å². The second kappa shape index (κ2) is 8.90. The Kier molecular flexibility index (Phi) is 6.80. The summed E-state index contributed by atoms with van der Waals surface area (Å²) >= 11 is 6.15. The van der Waals surface area contributed by atoms with Crippen molar-refractivity contribution < 1.29 is 19.1 Å². The first-order chi connectivity index (χ1) is 13.5. The first-order valence-corrected chi connectivity index (χ1v) is 8.96. The van der Waals surface area contributed by atoms with E-state index in [4.69, 9.17) is 16.9 Å². The molecule has 2 aromatic carbocycles. The molecule has 1 unspecified atom stereocenters. The molecule has 0 bridgehead atoms. The Labute approximate surface area is 172 Å². The molecule has 0 aliphatic carbocycles. The largest absolute Gasteiger partial charge is 0.388 e. The minimum absolute atomic E-state index is 0.147. The number of amides is 2. The summed E-state index contributed by atoms with van der Waals surface area (Å²) in [5, 5.41) is 22.6. The molecule has 152 valence electrons. The number of nitriles is 1. The number of carbonyl (C=O) groups is 2. The second-order valence-corrected chi connectivity index (χ2v) is 7.27. The summed E-state index contributed by atoms with van der Waals surface area (Å²) < 4.78 is 13.0. The first-order valence-electron chi connectivity index (χ1n) is 8.58. The molecular formula is C20H20ClFN4O3. The number of nitrogens with zero attached hydrogens (tertiary/aromatic N) is 1. The number of carbonyl (C=O) groups excluding carboxylic acids is 2. The van der Waals surface area contributed by atoms with Crippen molar-refractivity contribution in [3.63, 3.8) is 0 Å². The van der Waals surface area contributed by atoms with Crippen LogP contribution in [0.1, 0.15) is 35.3 Å². The summed E-state index contributed by atoms with van der Waals surface area (Å²) in [6.45, 7) is 4.51. The predicted octanol–water partition coefficient (Wildman–Crippen LogP) is 2.67. The van der Waals surface area contributed by atoms with Crippen molar-refractivity contribution in [2.45, 2.75) is 32.4 Å². The molecule has 2 rings (SSSR count). The Hall–Kier alpha value is -3.15. The summed E-state index contributed by atoms with van der Waals surface area (Å²) in [7, 11) is 0. The van der Waals surface area contributed by atoms with E-state index in [1.54, 1.807) is 13.0 Å². The number of benzene rings is 2. The number of hydrogen-bond donors (Lipinski definition) is 4. The molecule has 0 saturated heterocycles. The fraction of sp³-hybridized carbons (Fsp3) is 0.250. The van der Waals surface area contributed by atoms with Gasteiger partial charge in [0.1, 0.15) is 17.9 Å². The van der Waals surface area contributed by atoms with Crippen molar-refractivity contribution >= 4 is 29.1 Å². The Morgan fingerprint density at radius 3 is 2.34 bits per heavy atom. The van der Waals surface area contributed by atoms with Gasteiger partial charge in [-0.25, -0.2) is 4.39 Å². The van der Waals surface area contributed by atoms with Gasteiger partial charge < -0.3 is 10.4 Å². The van der Waals surface area contributed by atoms with Crippen LogP contribution in [-0.2, 0) is 4.79 Å². The molecule has 0 heterocycles. The fourth-order valence-electron chi connectivity index (χ4n) is 2.51. The van der Waals surface area contributed by atoms with Gasteiger partial charge in [-0.3, -0.25) is 20.4 Å². The maximum Gasteiger partial charge on any atom is 0.269 e. The number of hydrazine groups is 1. The van der Waals surface area contributed by atoms with E-state index in [0.29, 0.717) is 11.3 Å². The molecule has 2 aromatic rings. The van der Waals surface area contributed by atoms with Gasteiger partial charge in [0.15, 0.2) is 0 Å². The van der Waals surface area contributed by atoms with Gasteiger partial charge in [-0.1, -0.05) is 11.6 Å². The zero-order valence-electron chi connectivity index (χ0n) is 16.0. The van der Waals surface area contributed by atoms with E-state index in [-0.39, 0.29) is 16.1 Å². The molecule has 0 saturated carbocycles. The smallest absolute Gasteiger partial charge is 0.269 e. The van der Waals surface area contributed by atoms with Gasteiger partial charge in [-0.2, -0.15) is 5.26 Å². The number of halogens is 2. The highest BCUT2D eigenvalue weighted by atomic mass is 35.5. The van der Waals surface area contributed by atoms with Crippen LogP contribution in [0, 0.1) is 24.1 Å². The molecule has 4 N–H and O–H groups in total. The highest BCUT2D eigenvalue weighted by Gasteiger charge is 2.34. The second-order valence-electron chi connectivity index (χ2n) is 6.89. The minimum atomic E-state index is -1.52. The van der Waals surface area contributed by atoms with Crippen LogP contribution < -0.4 is 16.2 Å². The Morgan fingerprint density at radius 1 is 1.17 bits per heavy atom. The Balaban J connectivity index is 2.15. The molecule has 0 aromatic heterocycles. The quantitative estimate of drug-likeness (QED) is 0.557. The molecule has 0 radical (unpaired) electrons. The SMILES string of the molecule is Cc1c(NC(C(=O)NNC(=O)c2ccc(F)cc2)C(C)(C)O)ccc(C#N)c1Cl. The average Bonchev–Trinajstić information content (AvgIpc) is 2.66.